The summed E-state index contributed by atoms with van der Waals surface area (Å²) in [7, 11) is 0. The van der Waals surface area contributed by atoms with Gasteiger partial charge in [0.2, 0.25) is 0 Å². The molecule has 0 heterocycles. The number of rotatable bonds is 4. The van der Waals surface area contributed by atoms with Crippen molar-refractivity contribution in [2.75, 3.05) is 5.75 Å². The van der Waals surface area contributed by atoms with Gasteiger partial charge in [-0.15, -0.1) is 11.8 Å². The smallest absolute Gasteiger partial charge is 0.134 e. The summed E-state index contributed by atoms with van der Waals surface area (Å²) in [5.41, 5.74) is -0.0353. The van der Waals surface area contributed by atoms with Crippen molar-refractivity contribution in [3.05, 3.63) is 65.0 Å². The van der Waals surface area contributed by atoms with E-state index in [-0.39, 0.29) is 22.7 Å². The van der Waals surface area contributed by atoms with Crippen LogP contribution in [-0.4, -0.2) is 10.9 Å². The molecule has 0 spiro atoms. The molecule has 0 bridgehead atoms. The summed E-state index contributed by atoms with van der Waals surface area (Å²) in [5, 5.41) is 9.95. The monoisotopic (exact) mass is 298 g/mol. The van der Waals surface area contributed by atoms with Crippen molar-refractivity contribution >= 4 is 11.8 Å². The standard InChI is InChI=1S/C15H13F3OS/c1-9-2-7-12(17)14(15(9)18)13(19)8-20-11-5-3-10(16)4-6-11/h2-7,13,19H,8H2,1H3. The van der Waals surface area contributed by atoms with E-state index >= 15 is 0 Å². The Kier molecular flexibility index (Phi) is 4.73. The number of thioether (sulfide) groups is 1. The summed E-state index contributed by atoms with van der Waals surface area (Å²) in [6, 6.07) is 8.16. The summed E-state index contributed by atoms with van der Waals surface area (Å²) in [5.74, 6) is -1.76. The third kappa shape index (κ3) is 3.35. The second-order valence-corrected chi connectivity index (χ2v) is 5.47. The van der Waals surface area contributed by atoms with Crippen LogP contribution in [0.2, 0.25) is 0 Å². The van der Waals surface area contributed by atoms with Gasteiger partial charge >= 0.3 is 0 Å². The molecule has 2 aromatic carbocycles. The Labute approximate surface area is 119 Å². The minimum atomic E-state index is -1.26. The molecule has 20 heavy (non-hydrogen) atoms. The SMILES string of the molecule is Cc1ccc(F)c(C(O)CSc2ccc(F)cc2)c1F. The zero-order chi connectivity index (χ0) is 14.7. The van der Waals surface area contributed by atoms with Crippen molar-refractivity contribution < 1.29 is 18.3 Å². The Morgan fingerprint density at radius 1 is 1.05 bits per heavy atom. The van der Waals surface area contributed by atoms with Crippen LogP contribution in [0, 0.1) is 24.4 Å². The van der Waals surface area contributed by atoms with Crippen molar-refractivity contribution in [2.45, 2.75) is 17.9 Å². The molecule has 2 rings (SSSR count). The first-order chi connectivity index (χ1) is 9.49. The van der Waals surface area contributed by atoms with Crippen LogP contribution in [0.5, 0.6) is 0 Å². The van der Waals surface area contributed by atoms with E-state index in [2.05, 4.69) is 0 Å². The van der Waals surface area contributed by atoms with Gasteiger partial charge in [0.1, 0.15) is 17.5 Å². The van der Waals surface area contributed by atoms with Crippen molar-refractivity contribution in [3.63, 3.8) is 0 Å². The molecule has 0 amide bonds. The Hall–Kier alpha value is -1.46. The number of hydrogen-bond acceptors (Lipinski definition) is 2. The minimum absolute atomic E-state index is 0.0862. The van der Waals surface area contributed by atoms with Crippen LogP contribution >= 0.6 is 11.8 Å². The maximum absolute atomic E-state index is 13.8. The summed E-state index contributed by atoms with van der Waals surface area (Å²) >= 11 is 1.21. The second-order valence-electron chi connectivity index (χ2n) is 4.37. The van der Waals surface area contributed by atoms with Gasteiger partial charge in [-0.05, 0) is 42.8 Å². The number of hydrogen-bond donors (Lipinski definition) is 1. The van der Waals surface area contributed by atoms with Gasteiger partial charge in [0.25, 0.3) is 0 Å². The molecular weight excluding hydrogens is 285 g/mol. The lowest BCUT2D eigenvalue weighted by molar-refractivity contribution is 0.193. The van der Waals surface area contributed by atoms with Gasteiger partial charge in [0, 0.05) is 10.6 Å². The second kappa shape index (κ2) is 6.33. The molecule has 0 aliphatic carbocycles. The molecule has 1 nitrogen and oxygen atoms in total. The van der Waals surface area contributed by atoms with Gasteiger partial charge in [-0.2, -0.15) is 0 Å². The summed E-state index contributed by atoms with van der Waals surface area (Å²) in [4.78, 5) is 0.721. The third-order valence-electron chi connectivity index (χ3n) is 2.87. The zero-order valence-electron chi connectivity index (χ0n) is 10.7. The molecule has 5 heteroatoms. The Balaban J connectivity index is 2.11. The third-order valence-corrected chi connectivity index (χ3v) is 3.96. The molecule has 0 saturated carbocycles. The Morgan fingerprint density at radius 3 is 2.35 bits per heavy atom. The van der Waals surface area contributed by atoms with Crippen molar-refractivity contribution in [2.24, 2.45) is 0 Å². The molecule has 2 aromatic rings. The fraction of sp³-hybridized carbons (Fsp3) is 0.200. The van der Waals surface area contributed by atoms with Gasteiger partial charge in [-0.25, -0.2) is 13.2 Å². The molecule has 0 saturated heterocycles. The van der Waals surface area contributed by atoms with Crippen LogP contribution in [0.15, 0.2) is 41.3 Å². The van der Waals surface area contributed by atoms with Gasteiger partial charge < -0.3 is 5.11 Å². The molecule has 0 aliphatic heterocycles. The van der Waals surface area contributed by atoms with E-state index in [4.69, 9.17) is 0 Å². The fourth-order valence-corrected chi connectivity index (χ4v) is 2.62. The summed E-state index contributed by atoms with van der Waals surface area (Å²) in [6.45, 7) is 1.51. The number of halogens is 3. The average molecular weight is 298 g/mol. The average Bonchev–Trinajstić information content (AvgIpc) is 2.43. The van der Waals surface area contributed by atoms with E-state index in [1.807, 2.05) is 0 Å². The van der Waals surface area contributed by atoms with E-state index < -0.39 is 17.7 Å². The molecule has 0 aliphatic rings. The van der Waals surface area contributed by atoms with E-state index in [0.29, 0.717) is 0 Å². The van der Waals surface area contributed by atoms with Crippen molar-refractivity contribution in [3.8, 4) is 0 Å². The summed E-state index contributed by atoms with van der Waals surface area (Å²) in [6.07, 6.45) is -1.26. The maximum Gasteiger partial charge on any atom is 0.134 e. The predicted molar refractivity (Wildman–Crippen MR) is 73.2 cm³/mol. The highest BCUT2D eigenvalue weighted by atomic mass is 32.2. The minimum Gasteiger partial charge on any atom is -0.387 e. The number of aliphatic hydroxyl groups excluding tert-OH is 1. The van der Waals surface area contributed by atoms with Crippen molar-refractivity contribution in [1.82, 2.24) is 0 Å². The lowest BCUT2D eigenvalue weighted by atomic mass is 10.1. The van der Waals surface area contributed by atoms with Crippen LogP contribution in [0.3, 0.4) is 0 Å². The van der Waals surface area contributed by atoms with Gasteiger partial charge in [0.15, 0.2) is 0 Å². The van der Waals surface area contributed by atoms with Crippen LogP contribution in [0.4, 0.5) is 13.2 Å². The molecule has 1 unspecified atom stereocenters. The number of aryl methyl sites for hydroxylation is 1. The highest BCUT2D eigenvalue weighted by Crippen LogP contribution is 2.29. The van der Waals surface area contributed by atoms with E-state index in [1.165, 1.54) is 36.9 Å². The van der Waals surface area contributed by atoms with Crippen LogP contribution < -0.4 is 0 Å². The van der Waals surface area contributed by atoms with Gasteiger partial charge in [-0.3, -0.25) is 0 Å². The Bertz CT molecular complexity index is 599. The maximum atomic E-state index is 13.8. The topological polar surface area (TPSA) is 20.2 Å². The normalized spacial score (nSPS) is 12.4. The van der Waals surface area contributed by atoms with Crippen LogP contribution in [0.1, 0.15) is 17.2 Å². The molecule has 0 radical (unpaired) electrons. The number of benzene rings is 2. The molecule has 0 aromatic heterocycles. The van der Waals surface area contributed by atoms with E-state index in [1.54, 1.807) is 12.1 Å². The van der Waals surface area contributed by atoms with E-state index in [0.717, 1.165) is 11.0 Å². The molecule has 0 fully saturated rings. The van der Waals surface area contributed by atoms with Crippen LogP contribution in [0.25, 0.3) is 0 Å². The predicted octanol–water partition coefficient (Wildman–Crippen LogP) is 4.24. The Morgan fingerprint density at radius 2 is 1.70 bits per heavy atom. The zero-order valence-corrected chi connectivity index (χ0v) is 11.6. The lowest BCUT2D eigenvalue weighted by Gasteiger charge is -2.14. The fourth-order valence-electron chi connectivity index (χ4n) is 1.77. The van der Waals surface area contributed by atoms with Crippen LogP contribution in [-0.2, 0) is 0 Å². The molecule has 1 atom stereocenters. The van der Waals surface area contributed by atoms with Crippen molar-refractivity contribution in [1.29, 1.82) is 0 Å². The first kappa shape index (κ1) is 14.9. The highest BCUT2D eigenvalue weighted by molar-refractivity contribution is 7.99. The first-order valence-corrected chi connectivity index (χ1v) is 6.98. The number of aliphatic hydroxyl groups is 1. The lowest BCUT2D eigenvalue weighted by Crippen LogP contribution is -2.08. The first-order valence-electron chi connectivity index (χ1n) is 6.00. The molecular formula is C15H13F3OS. The highest BCUT2D eigenvalue weighted by Gasteiger charge is 2.19. The van der Waals surface area contributed by atoms with Gasteiger partial charge in [0.05, 0.1) is 11.7 Å². The van der Waals surface area contributed by atoms with Gasteiger partial charge in [-0.1, -0.05) is 6.07 Å². The quantitative estimate of drug-likeness (QED) is 0.852. The summed E-state index contributed by atoms with van der Waals surface area (Å²) < 4.78 is 40.2. The molecule has 106 valence electrons. The van der Waals surface area contributed by atoms with E-state index in [9.17, 15) is 18.3 Å². The molecule has 1 N–H and O–H groups in total. The largest absolute Gasteiger partial charge is 0.387 e.